The van der Waals surface area contributed by atoms with Crippen molar-refractivity contribution in [2.24, 2.45) is 17.8 Å². The van der Waals surface area contributed by atoms with Gasteiger partial charge in [0.15, 0.2) is 0 Å². The van der Waals surface area contributed by atoms with Gasteiger partial charge in [0.2, 0.25) is 5.91 Å². The Morgan fingerprint density at radius 2 is 2.08 bits per heavy atom. The molecule has 3 aliphatic rings. The Hall–Kier alpha value is -2.29. The van der Waals surface area contributed by atoms with E-state index in [9.17, 15) is 19.5 Å². The van der Waals surface area contributed by atoms with Gasteiger partial charge in [0.05, 0.1) is 39.9 Å². The number of aliphatic hydroxyl groups excluding tert-OH is 1. The normalized spacial score (nSPS) is 31.2. The number of nitrogens with zero attached hydrogens (tertiary/aromatic N) is 2. The fourth-order valence-corrected chi connectivity index (χ4v) is 8.93. The molecule has 1 spiro atoms. The molecule has 194 valence electrons. The predicted molar refractivity (Wildman–Crippen MR) is 142 cm³/mol. The molecule has 1 aromatic rings. The van der Waals surface area contributed by atoms with E-state index in [0.717, 1.165) is 0 Å². The smallest absolute Gasteiger partial charge is 0.311 e. The van der Waals surface area contributed by atoms with Crippen molar-refractivity contribution in [1.29, 1.82) is 0 Å². The molecule has 36 heavy (non-hydrogen) atoms. The first-order chi connectivity index (χ1) is 17.3. The predicted octanol–water partition coefficient (Wildman–Crippen LogP) is 3.70. The molecule has 3 unspecified atom stereocenters. The zero-order valence-electron chi connectivity index (χ0n) is 20.6. The summed E-state index contributed by atoms with van der Waals surface area (Å²) in [7, 11) is 0. The molecule has 1 N–H and O–H groups in total. The number of hydrogen-bond acceptors (Lipinski definition) is 6. The van der Waals surface area contributed by atoms with Crippen LogP contribution in [0.5, 0.6) is 0 Å². The van der Waals surface area contributed by atoms with Crippen LogP contribution in [0.2, 0.25) is 5.02 Å². The van der Waals surface area contributed by atoms with E-state index in [0.29, 0.717) is 23.6 Å². The van der Waals surface area contributed by atoms with Crippen LogP contribution in [-0.2, 0) is 19.1 Å². The third kappa shape index (κ3) is 3.98. The van der Waals surface area contributed by atoms with Crippen molar-refractivity contribution in [3.8, 4) is 0 Å². The molecule has 0 saturated carbocycles. The van der Waals surface area contributed by atoms with Gasteiger partial charge in [-0.1, -0.05) is 56.3 Å². The number of amides is 2. The lowest BCUT2D eigenvalue weighted by molar-refractivity contribution is -0.154. The average molecular weight is 533 g/mol. The third-order valence-corrected chi connectivity index (χ3v) is 10.2. The topological polar surface area (TPSA) is 87.1 Å². The van der Waals surface area contributed by atoms with Gasteiger partial charge in [-0.25, -0.2) is 0 Å². The highest BCUT2D eigenvalue weighted by Gasteiger charge is 2.77. The van der Waals surface area contributed by atoms with Crippen molar-refractivity contribution in [3.63, 3.8) is 0 Å². The number of rotatable bonds is 10. The van der Waals surface area contributed by atoms with Crippen molar-refractivity contribution in [2.45, 2.75) is 48.8 Å². The average Bonchev–Trinajstić information content (AvgIpc) is 3.46. The van der Waals surface area contributed by atoms with Crippen LogP contribution in [0.4, 0.5) is 5.69 Å². The highest BCUT2D eigenvalue weighted by atomic mass is 35.5. The molecule has 0 aromatic heterocycles. The first-order valence-electron chi connectivity index (χ1n) is 12.3. The second kappa shape index (κ2) is 10.6. The first-order valence-corrected chi connectivity index (χ1v) is 13.6. The minimum Gasteiger partial charge on any atom is -0.461 e. The number of anilines is 1. The zero-order valence-corrected chi connectivity index (χ0v) is 22.2. The number of aliphatic hydroxyl groups is 1. The van der Waals surface area contributed by atoms with Crippen molar-refractivity contribution in [2.75, 3.05) is 24.7 Å². The number of likely N-dealkylation sites (tertiary alicyclic amines) is 1. The Morgan fingerprint density at radius 1 is 1.36 bits per heavy atom. The van der Waals surface area contributed by atoms with Crippen LogP contribution in [0.15, 0.2) is 49.6 Å². The highest BCUT2D eigenvalue weighted by molar-refractivity contribution is 8.02. The Balaban J connectivity index is 1.85. The molecule has 4 rings (SSSR count). The Bertz CT molecular complexity index is 1060. The first kappa shape index (κ1) is 26.8. The summed E-state index contributed by atoms with van der Waals surface area (Å²) < 4.78 is 4.60. The van der Waals surface area contributed by atoms with Crippen molar-refractivity contribution in [1.82, 2.24) is 4.90 Å². The number of ether oxygens (including phenoxy) is 1. The maximum Gasteiger partial charge on any atom is 0.311 e. The summed E-state index contributed by atoms with van der Waals surface area (Å²) in [5.41, 5.74) is 0.528. The van der Waals surface area contributed by atoms with Crippen LogP contribution < -0.4 is 4.90 Å². The molecule has 3 fully saturated rings. The highest BCUT2D eigenvalue weighted by Crippen LogP contribution is 2.69. The van der Waals surface area contributed by atoms with Gasteiger partial charge in [0.25, 0.3) is 5.91 Å². The van der Waals surface area contributed by atoms with Gasteiger partial charge in [0, 0.05) is 11.8 Å². The second-order valence-corrected chi connectivity index (χ2v) is 11.6. The van der Waals surface area contributed by atoms with Gasteiger partial charge in [0.1, 0.15) is 12.6 Å². The van der Waals surface area contributed by atoms with E-state index in [1.807, 2.05) is 6.92 Å². The van der Waals surface area contributed by atoms with Gasteiger partial charge < -0.3 is 19.6 Å². The fourth-order valence-electron chi connectivity index (χ4n) is 6.31. The van der Waals surface area contributed by atoms with Crippen LogP contribution in [0.3, 0.4) is 0 Å². The maximum atomic E-state index is 14.5. The zero-order chi connectivity index (χ0) is 26.2. The number of carbonyl (C=O) groups is 3. The minimum absolute atomic E-state index is 0.00289. The summed E-state index contributed by atoms with van der Waals surface area (Å²) in [6.07, 6.45) is 4.29. The Labute approximate surface area is 221 Å². The van der Waals surface area contributed by atoms with Crippen LogP contribution in [0.1, 0.15) is 26.7 Å². The summed E-state index contributed by atoms with van der Waals surface area (Å²) >= 11 is 8.06. The van der Waals surface area contributed by atoms with Crippen LogP contribution in [0.25, 0.3) is 0 Å². The lowest BCUT2D eigenvalue weighted by Gasteiger charge is -2.42. The van der Waals surface area contributed by atoms with Crippen molar-refractivity contribution in [3.05, 3.63) is 54.6 Å². The number of halogens is 1. The largest absolute Gasteiger partial charge is 0.461 e. The van der Waals surface area contributed by atoms with E-state index in [-0.39, 0.29) is 42.7 Å². The number of para-hydroxylation sites is 1. The molecule has 2 amide bonds. The van der Waals surface area contributed by atoms with Gasteiger partial charge >= 0.3 is 5.97 Å². The van der Waals surface area contributed by atoms with Crippen LogP contribution in [-0.4, -0.2) is 69.6 Å². The summed E-state index contributed by atoms with van der Waals surface area (Å²) in [4.78, 5) is 44.9. The van der Waals surface area contributed by atoms with Gasteiger partial charge in [-0.15, -0.1) is 18.3 Å². The summed E-state index contributed by atoms with van der Waals surface area (Å²) in [6, 6.07) is 5.64. The lowest BCUT2D eigenvalue weighted by atomic mass is 9.66. The molecule has 3 aliphatic heterocycles. The Morgan fingerprint density at radius 3 is 2.69 bits per heavy atom. The molecule has 3 saturated heterocycles. The summed E-state index contributed by atoms with van der Waals surface area (Å²) in [5, 5.41) is 10.5. The van der Waals surface area contributed by atoms with E-state index < -0.39 is 34.6 Å². The molecule has 3 heterocycles. The van der Waals surface area contributed by atoms with Crippen LogP contribution in [0, 0.1) is 17.8 Å². The number of esters is 1. The summed E-state index contributed by atoms with van der Waals surface area (Å²) in [6.45, 7) is 11.3. The number of thioether (sulfide) groups is 1. The summed E-state index contributed by atoms with van der Waals surface area (Å²) in [5.74, 6) is -2.35. The van der Waals surface area contributed by atoms with E-state index in [4.69, 9.17) is 16.3 Å². The number of hydrogen-bond donors (Lipinski definition) is 1. The van der Waals surface area contributed by atoms with E-state index in [1.54, 1.807) is 51.9 Å². The standard InChI is InChI=1S/C27H33ClN2O5S/c1-5-12-29(19-11-9-8-10-18(19)28)25(33)23-27-16(4)14-20(36-27)21(26(34)35-13-6-2)22(27)24(32)30(23)17(7-3)15-31/h5-6,8-11,16-17,20-23,31H,1-2,7,12-15H2,3-4H3/t16?,17-,20+,21-,22-,23?,27?/m0/s1. The molecule has 0 radical (unpaired) electrons. The van der Waals surface area contributed by atoms with Gasteiger partial charge in [-0.2, -0.15) is 0 Å². The number of benzene rings is 1. The monoisotopic (exact) mass is 532 g/mol. The third-order valence-electron chi connectivity index (χ3n) is 7.83. The second-order valence-electron chi connectivity index (χ2n) is 9.65. The fraction of sp³-hybridized carbons (Fsp3) is 0.519. The van der Waals surface area contributed by atoms with Gasteiger partial charge in [-0.3, -0.25) is 14.4 Å². The molecule has 7 nitrogen and oxygen atoms in total. The van der Waals surface area contributed by atoms with E-state index >= 15 is 0 Å². The quantitative estimate of drug-likeness (QED) is 0.365. The molecular formula is C27H33ClN2O5S. The van der Waals surface area contributed by atoms with Crippen molar-refractivity contribution >= 4 is 46.8 Å². The van der Waals surface area contributed by atoms with E-state index in [1.165, 1.54) is 6.08 Å². The maximum absolute atomic E-state index is 14.5. The number of carbonyl (C=O) groups excluding carboxylic acids is 3. The molecule has 1 aromatic carbocycles. The van der Waals surface area contributed by atoms with Crippen LogP contribution >= 0.6 is 23.4 Å². The molecule has 0 aliphatic carbocycles. The van der Waals surface area contributed by atoms with Gasteiger partial charge in [-0.05, 0) is 30.9 Å². The molecule has 9 heteroatoms. The molecule has 2 bridgehead atoms. The lowest BCUT2D eigenvalue weighted by Crippen LogP contribution is -2.59. The molecular weight excluding hydrogens is 500 g/mol. The number of fused-ring (bicyclic) bond motifs is 1. The SMILES string of the molecule is C=CCOC(=O)[C@@H]1[C@H]2C(=O)N([C@@H](CC)CO)C(C(=O)N(CC=C)c3ccccc3Cl)C23S[C@@H]1CC3C. The van der Waals surface area contributed by atoms with Crippen molar-refractivity contribution < 1.29 is 24.2 Å². The minimum atomic E-state index is -0.870. The van der Waals surface area contributed by atoms with E-state index in [2.05, 4.69) is 20.1 Å². The molecule has 7 atom stereocenters. The Kier molecular flexibility index (Phi) is 7.88.